The van der Waals surface area contributed by atoms with Crippen molar-refractivity contribution in [3.05, 3.63) is 271 Å². The average Bonchev–Trinajstić information content (AvgIpc) is 0.695. The van der Waals surface area contributed by atoms with Crippen LogP contribution in [0.25, 0.3) is 152 Å². The molecule has 16 aromatic rings. The van der Waals surface area contributed by atoms with Crippen molar-refractivity contribution in [1.82, 2.24) is 0 Å². The third-order valence-electron chi connectivity index (χ3n) is 22.1. The lowest BCUT2D eigenvalue weighted by Gasteiger charge is -2.31. The Morgan fingerprint density at radius 3 is 1.06 bits per heavy atom. The van der Waals surface area contributed by atoms with E-state index in [0.717, 1.165) is 28.8 Å². The zero-order valence-electron chi connectivity index (χ0n) is 61.8. The summed E-state index contributed by atoms with van der Waals surface area (Å²) in [6, 6.07) is 93.6. The molecule has 508 valence electrons. The lowest BCUT2D eigenvalue weighted by atomic mass is 9.75. The minimum atomic E-state index is -3.38. The van der Waals surface area contributed by atoms with Crippen LogP contribution in [-0.4, -0.2) is 46.3 Å². The van der Waals surface area contributed by atoms with Crippen molar-refractivity contribution in [2.45, 2.75) is 112 Å². The van der Waals surface area contributed by atoms with Crippen molar-refractivity contribution < 1.29 is 13.3 Å². The van der Waals surface area contributed by atoms with Crippen LogP contribution in [0.3, 0.4) is 0 Å². The van der Waals surface area contributed by atoms with Gasteiger partial charge in [-0.1, -0.05) is 327 Å². The lowest BCUT2D eigenvalue weighted by Crippen LogP contribution is -2.54. The number of aryl methyl sites for hydroxylation is 4. The van der Waals surface area contributed by atoms with E-state index in [9.17, 15) is 0 Å². The van der Waals surface area contributed by atoms with Gasteiger partial charge < -0.3 is 13.3 Å². The van der Waals surface area contributed by atoms with Crippen LogP contribution in [0.4, 0.5) is 0 Å². The molecule has 3 nitrogen and oxygen atoms in total. The van der Waals surface area contributed by atoms with Crippen molar-refractivity contribution in [1.29, 1.82) is 0 Å². The van der Waals surface area contributed by atoms with Crippen LogP contribution in [-0.2, 0) is 19.7 Å². The summed E-state index contributed by atoms with van der Waals surface area (Å²) in [6.45, 7) is 24.4. The third-order valence-corrected chi connectivity index (χ3v) is 28.8. The molecule has 0 N–H and O–H groups in total. The molecule has 0 aliphatic heterocycles. The minimum Gasteiger partial charge on any atom is -0.373 e. The highest BCUT2D eigenvalue weighted by atomic mass is 28.4. The van der Waals surface area contributed by atoms with Crippen LogP contribution in [0.5, 0.6) is 0 Å². The molecule has 0 atom stereocenters. The van der Waals surface area contributed by atoms with E-state index in [1.165, 1.54) is 185 Å². The van der Waals surface area contributed by atoms with Gasteiger partial charge in [0, 0.05) is 26.5 Å². The summed E-state index contributed by atoms with van der Waals surface area (Å²) in [5, 5.41) is 30.1. The Labute approximate surface area is 606 Å². The molecule has 0 radical (unpaired) electrons. The zero-order chi connectivity index (χ0) is 70.8. The van der Waals surface area contributed by atoms with E-state index in [0.29, 0.717) is 0 Å². The molecule has 0 heterocycles. The van der Waals surface area contributed by atoms with Crippen molar-refractivity contribution in [3.8, 4) is 44.5 Å². The van der Waals surface area contributed by atoms with Gasteiger partial charge in [0.15, 0.2) is 0 Å². The maximum atomic E-state index is 6.33. The molecule has 6 heteroatoms. The molecule has 0 unspecified atom stereocenters. The van der Waals surface area contributed by atoms with Gasteiger partial charge in [0.25, 0.3) is 0 Å². The monoisotopic (exact) mass is 1380 g/mol. The van der Waals surface area contributed by atoms with Crippen LogP contribution < -0.4 is 15.6 Å². The number of benzene rings is 16. The predicted octanol–water partition coefficient (Wildman–Crippen LogP) is 25.6. The summed E-state index contributed by atoms with van der Waals surface area (Å²) >= 11 is 0. The SMILES string of the molecule is CCCCCCCCc1ccc2c(-c3cccc4ccccc34)c3c(-c4cccc5ccccc45)c4ccc([Si](OC)(OC)OC)cc4c(-c4cccc5ccccc45)c3c(-c3cccc4ccccc34)c2c1.Cc1ccc2c([Si](C)(C)C)c3c(C)c4ccccc4c(C)c3c([Si](C)(C)C)c2c1. The highest BCUT2D eigenvalue weighted by molar-refractivity contribution is 6.96. The van der Waals surface area contributed by atoms with Crippen molar-refractivity contribution in [2.75, 3.05) is 21.3 Å². The molecule has 16 aromatic carbocycles. The molecule has 16 rings (SSSR count). The maximum Gasteiger partial charge on any atom is 0.536 e. The van der Waals surface area contributed by atoms with Gasteiger partial charge in [-0.25, -0.2) is 0 Å². The standard InChI is InChI=1S/C69H60O3Si.C27H34Si2/c1-5-6-7-8-9-10-23-46-40-42-60-62(44-46)66(58-38-21-30-49-26-13-17-34-54(49)58)69-67(59-39-22-31-50-27-14-18-35-55(50)59)63-45-51(73(70-2,71-3)72-4)41-43-61(63)65(57-37-20-29-48-25-12-16-33-53(48)57)68(69)64(60)56-36-19-28-47-24-11-15-32-52(47)56;1-17-14-15-22-23(16-17)27(29(7,8)9)25-19(3)21-13-11-10-12-20(21)18(2)24(25)26(22)28(4,5)6/h11-22,24-45H,5-10,23H2,1-4H3;10-16H,1-9H3. The van der Waals surface area contributed by atoms with Crippen molar-refractivity contribution in [2.24, 2.45) is 0 Å². The molecule has 0 saturated carbocycles. The van der Waals surface area contributed by atoms with Crippen LogP contribution in [0, 0.1) is 20.8 Å². The lowest BCUT2D eigenvalue weighted by molar-refractivity contribution is 0.140. The molecule has 0 aromatic heterocycles. The zero-order valence-corrected chi connectivity index (χ0v) is 64.8. The molecule has 0 fully saturated rings. The van der Waals surface area contributed by atoms with Gasteiger partial charge in [0.1, 0.15) is 0 Å². The first-order valence-corrected chi connectivity index (χ1v) is 45.7. The Bertz CT molecular complexity index is 5940. The summed E-state index contributed by atoms with van der Waals surface area (Å²) in [6.07, 6.45) is 8.54. The summed E-state index contributed by atoms with van der Waals surface area (Å²) in [5.74, 6) is 0. The first-order valence-electron chi connectivity index (χ1n) is 37.0. The van der Waals surface area contributed by atoms with Crippen molar-refractivity contribution >= 4 is 148 Å². The molecular formula is C96H94O3Si3. The number of hydrogen-bond acceptors (Lipinski definition) is 3. The number of fused-ring (bicyclic) bond motifs is 10. The molecule has 0 aliphatic carbocycles. The van der Waals surface area contributed by atoms with Crippen LogP contribution >= 0.6 is 0 Å². The van der Waals surface area contributed by atoms with E-state index < -0.39 is 25.0 Å². The summed E-state index contributed by atoms with van der Waals surface area (Å²) < 4.78 is 19.0. The first kappa shape index (κ1) is 68.4. The van der Waals surface area contributed by atoms with Gasteiger partial charge in [-0.2, -0.15) is 0 Å². The van der Waals surface area contributed by atoms with E-state index in [1.54, 1.807) is 42.5 Å². The smallest absolute Gasteiger partial charge is 0.373 e. The van der Waals surface area contributed by atoms with E-state index in [4.69, 9.17) is 13.3 Å². The van der Waals surface area contributed by atoms with Crippen LogP contribution in [0.2, 0.25) is 39.3 Å². The topological polar surface area (TPSA) is 27.7 Å². The summed E-state index contributed by atoms with van der Waals surface area (Å²) in [5.41, 5.74) is 15.3. The second kappa shape index (κ2) is 27.8. The molecule has 0 saturated heterocycles. The third kappa shape index (κ3) is 11.9. The Morgan fingerprint density at radius 2 is 0.637 bits per heavy atom. The molecule has 0 bridgehead atoms. The van der Waals surface area contributed by atoms with Gasteiger partial charge in [0.2, 0.25) is 0 Å². The molecule has 102 heavy (non-hydrogen) atoms. The highest BCUT2D eigenvalue weighted by Crippen LogP contribution is 2.57. The first-order chi connectivity index (χ1) is 49.5. The molecule has 0 aliphatic rings. The normalized spacial score (nSPS) is 12.4. The Morgan fingerprint density at radius 1 is 0.284 bits per heavy atom. The Balaban J connectivity index is 0.000000242. The van der Waals surface area contributed by atoms with Gasteiger partial charge in [-0.15, -0.1) is 0 Å². The summed E-state index contributed by atoms with van der Waals surface area (Å²) in [7, 11) is -1.43. The van der Waals surface area contributed by atoms with E-state index >= 15 is 0 Å². The van der Waals surface area contributed by atoms with Crippen LogP contribution in [0.15, 0.2) is 249 Å². The van der Waals surface area contributed by atoms with Gasteiger partial charge in [-0.05, 0) is 219 Å². The fraction of sp³-hybridized carbons (Fsp3) is 0.208. The van der Waals surface area contributed by atoms with Crippen molar-refractivity contribution in [3.63, 3.8) is 0 Å². The fourth-order valence-corrected chi connectivity index (χ4v) is 23.5. The summed E-state index contributed by atoms with van der Waals surface area (Å²) in [4.78, 5) is 0. The number of hydrogen-bond donors (Lipinski definition) is 0. The second-order valence-corrected chi connectivity index (χ2v) is 43.4. The molecule has 0 spiro atoms. The number of rotatable bonds is 17. The fourth-order valence-electron chi connectivity index (χ4n) is 17.5. The number of unbranched alkanes of at least 4 members (excludes halogenated alkanes) is 5. The van der Waals surface area contributed by atoms with E-state index in [1.807, 2.05) is 0 Å². The largest absolute Gasteiger partial charge is 0.536 e. The van der Waals surface area contributed by atoms with Crippen LogP contribution in [0.1, 0.15) is 67.7 Å². The minimum absolute atomic E-state index is 0.903. The predicted molar refractivity (Wildman–Crippen MR) is 453 cm³/mol. The average molecular weight is 1380 g/mol. The molecule has 0 amide bonds. The maximum absolute atomic E-state index is 6.33. The van der Waals surface area contributed by atoms with Gasteiger partial charge in [0.05, 0.1) is 16.1 Å². The Kier molecular flexibility index (Phi) is 18.6. The molecular weight excluding hydrogens is 1290 g/mol. The van der Waals surface area contributed by atoms with E-state index in [2.05, 4.69) is 316 Å². The highest BCUT2D eigenvalue weighted by Gasteiger charge is 2.42. The van der Waals surface area contributed by atoms with E-state index in [-0.39, 0.29) is 0 Å². The second-order valence-electron chi connectivity index (χ2n) is 30.5. The van der Waals surface area contributed by atoms with Gasteiger partial charge in [-0.3, -0.25) is 0 Å². The Hall–Kier alpha value is -9.35. The van der Waals surface area contributed by atoms with Gasteiger partial charge >= 0.3 is 8.80 Å². The quantitative estimate of drug-likeness (QED) is 0.0517.